The third-order valence-corrected chi connectivity index (χ3v) is 17.6. The van der Waals surface area contributed by atoms with E-state index in [0.29, 0.717) is 44.9 Å². The fourth-order valence-corrected chi connectivity index (χ4v) is 13.9. The van der Waals surface area contributed by atoms with Gasteiger partial charge in [0.15, 0.2) is 12.6 Å². The molecule has 6 fully saturated rings. The number of fused-ring (bicyclic) bond motifs is 7. The van der Waals surface area contributed by atoms with Crippen molar-refractivity contribution in [2.24, 2.45) is 50.2 Å². The standard InChI is InChI=1S/C42H70O15/c1-37(2)12-20-19-8-9-24-38(3)11-10-26(56-35-32(52)30(50)28(48)22(16-43)54-35)40(5,18-45)34(38)21(46)13-42(24,7)41(19,6)15-27(39(20,4)14-25(37)47)57-36-33(53)31(51)29(49)23(17-44)55-36/h8,20-36,43-53H,9-18H2,1-7H3/t20-,21+,22+,23+,24+,25-,26-,27-,28+,29+,30-,31-,32+,33+,34+,35-,36-,38+,39-,40+,41+,42+/m0/s1. The third kappa shape index (κ3) is 6.39. The van der Waals surface area contributed by atoms with Crippen molar-refractivity contribution in [1.29, 1.82) is 0 Å². The van der Waals surface area contributed by atoms with Gasteiger partial charge in [0, 0.05) is 16.7 Å². The molecule has 0 amide bonds. The molecule has 11 N–H and O–H groups in total. The molecular formula is C42H70O15. The van der Waals surface area contributed by atoms with Gasteiger partial charge in [-0.3, -0.25) is 0 Å². The van der Waals surface area contributed by atoms with Gasteiger partial charge in [0.05, 0.1) is 44.2 Å². The van der Waals surface area contributed by atoms with E-state index in [4.69, 9.17) is 18.9 Å². The van der Waals surface area contributed by atoms with Crippen LogP contribution in [0.3, 0.4) is 0 Å². The lowest BCUT2D eigenvalue weighted by molar-refractivity contribution is -0.341. The van der Waals surface area contributed by atoms with Crippen LogP contribution in [0, 0.1) is 50.2 Å². The molecule has 4 saturated carbocycles. The smallest absolute Gasteiger partial charge is 0.186 e. The highest BCUT2D eigenvalue weighted by Gasteiger charge is 2.73. The first-order valence-corrected chi connectivity index (χ1v) is 21.1. The molecule has 2 aliphatic heterocycles. The molecule has 15 heteroatoms. The second-order valence-corrected chi connectivity index (χ2v) is 21.0. The third-order valence-electron chi connectivity index (χ3n) is 17.6. The number of hydrogen-bond acceptors (Lipinski definition) is 15. The summed E-state index contributed by atoms with van der Waals surface area (Å²) in [6.07, 6.45) is -11.5. The van der Waals surface area contributed by atoms with Crippen molar-refractivity contribution in [3.8, 4) is 0 Å². The van der Waals surface area contributed by atoms with Gasteiger partial charge >= 0.3 is 0 Å². The fraction of sp³-hybridized carbons (Fsp3) is 0.952. The maximum Gasteiger partial charge on any atom is 0.186 e. The number of rotatable bonds is 7. The normalized spacial score (nSPS) is 57.4. The summed E-state index contributed by atoms with van der Waals surface area (Å²) in [5.41, 5.74) is -2.46. The highest BCUT2D eigenvalue weighted by molar-refractivity contribution is 5.36. The molecule has 57 heavy (non-hydrogen) atoms. The summed E-state index contributed by atoms with van der Waals surface area (Å²) in [5, 5.41) is 119. The van der Waals surface area contributed by atoms with Crippen LogP contribution < -0.4 is 0 Å². The van der Waals surface area contributed by atoms with Crippen molar-refractivity contribution in [2.75, 3.05) is 19.8 Å². The topological polar surface area (TPSA) is 259 Å². The maximum atomic E-state index is 12.6. The van der Waals surface area contributed by atoms with Crippen molar-refractivity contribution in [3.05, 3.63) is 11.6 Å². The predicted molar refractivity (Wildman–Crippen MR) is 202 cm³/mol. The zero-order valence-electron chi connectivity index (χ0n) is 34.5. The molecule has 0 radical (unpaired) electrons. The molecular weight excluding hydrogens is 744 g/mol. The van der Waals surface area contributed by atoms with E-state index in [2.05, 4.69) is 47.6 Å². The molecule has 328 valence electrons. The number of hydrogen-bond donors (Lipinski definition) is 11. The van der Waals surface area contributed by atoms with E-state index >= 15 is 0 Å². The Hall–Kier alpha value is -0.860. The lowest BCUT2D eigenvalue weighted by Crippen LogP contribution is -2.71. The van der Waals surface area contributed by atoms with E-state index in [-0.39, 0.29) is 18.4 Å². The van der Waals surface area contributed by atoms with Crippen LogP contribution >= 0.6 is 0 Å². The minimum Gasteiger partial charge on any atom is -0.396 e. The highest BCUT2D eigenvalue weighted by Crippen LogP contribution is 2.76. The summed E-state index contributed by atoms with van der Waals surface area (Å²) in [5.74, 6) is -0.518. The van der Waals surface area contributed by atoms with Crippen molar-refractivity contribution in [2.45, 2.75) is 179 Å². The number of aliphatic hydroxyl groups excluding tert-OH is 11. The lowest BCUT2D eigenvalue weighted by atomic mass is 9.32. The van der Waals surface area contributed by atoms with E-state index in [0.717, 1.165) is 0 Å². The molecule has 0 aromatic heterocycles. The van der Waals surface area contributed by atoms with Crippen LogP contribution in [-0.2, 0) is 18.9 Å². The minimum atomic E-state index is -1.62. The van der Waals surface area contributed by atoms with Gasteiger partial charge in [-0.15, -0.1) is 0 Å². The van der Waals surface area contributed by atoms with E-state index in [9.17, 15) is 56.2 Å². The summed E-state index contributed by atoms with van der Waals surface area (Å²) in [6, 6.07) is 0. The van der Waals surface area contributed by atoms with Gasteiger partial charge in [0.1, 0.15) is 48.8 Å². The van der Waals surface area contributed by atoms with Gasteiger partial charge in [0.2, 0.25) is 0 Å². The Kier molecular flexibility index (Phi) is 11.6. The Morgan fingerprint density at radius 3 is 1.72 bits per heavy atom. The Morgan fingerprint density at radius 2 is 1.19 bits per heavy atom. The van der Waals surface area contributed by atoms with Crippen LogP contribution in [-0.4, -0.2) is 162 Å². The molecule has 0 aromatic carbocycles. The molecule has 0 bridgehead atoms. The molecule has 15 nitrogen and oxygen atoms in total. The number of aliphatic hydroxyl groups is 11. The average Bonchev–Trinajstić information content (AvgIpc) is 3.14. The summed E-state index contributed by atoms with van der Waals surface area (Å²) in [4.78, 5) is 0. The average molecular weight is 815 g/mol. The van der Waals surface area contributed by atoms with Gasteiger partial charge < -0.3 is 75.1 Å². The summed E-state index contributed by atoms with van der Waals surface area (Å²) in [6.45, 7) is 13.3. The van der Waals surface area contributed by atoms with Crippen molar-refractivity contribution in [3.63, 3.8) is 0 Å². The predicted octanol–water partition coefficient (Wildman–Crippen LogP) is -0.298. The van der Waals surface area contributed by atoms with Gasteiger partial charge in [-0.25, -0.2) is 0 Å². The fourth-order valence-electron chi connectivity index (χ4n) is 13.9. The highest BCUT2D eigenvalue weighted by atomic mass is 16.7. The van der Waals surface area contributed by atoms with Crippen LogP contribution in [0.5, 0.6) is 0 Å². The first-order valence-electron chi connectivity index (χ1n) is 21.1. The largest absolute Gasteiger partial charge is 0.396 e. The molecule has 2 heterocycles. The van der Waals surface area contributed by atoms with E-state index in [1.165, 1.54) is 5.57 Å². The van der Waals surface area contributed by atoms with Crippen LogP contribution in [0.25, 0.3) is 0 Å². The van der Waals surface area contributed by atoms with Crippen molar-refractivity contribution in [1.82, 2.24) is 0 Å². The Balaban J connectivity index is 1.24. The molecule has 0 unspecified atom stereocenters. The van der Waals surface area contributed by atoms with Crippen molar-refractivity contribution < 1.29 is 75.1 Å². The SMILES string of the molecule is CC1(C)C[C@H]2C3=CC[C@@H]4[C@@]5(C)CC[C@H](O[C@@H]6O[C@H](CO)[C@@H](O)[C@H](O)[C@H]6O)[C@@](C)(CO)[C@@H]5[C@H](O)C[C@@]4(C)[C@]3(C)C[C@H](O[C@@H]3O[C@H](CO)[C@@H](O)[C@H](O)[C@H]3O)[C@@]2(C)C[C@@H]1O. The quantitative estimate of drug-likeness (QED) is 0.117. The molecule has 7 rings (SSSR count). The summed E-state index contributed by atoms with van der Waals surface area (Å²) >= 11 is 0. The first kappa shape index (κ1) is 44.2. The Labute approximate surface area is 335 Å². The van der Waals surface area contributed by atoms with E-state index in [1.807, 2.05) is 6.92 Å². The second kappa shape index (κ2) is 14.9. The number of ether oxygens (including phenoxy) is 4. The molecule has 7 aliphatic rings. The zero-order valence-corrected chi connectivity index (χ0v) is 34.5. The first-order chi connectivity index (χ1) is 26.5. The second-order valence-electron chi connectivity index (χ2n) is 21.0. The molecule has 0 aromatic rings. The van der Waals surface area contributed by atoms with Crippen LogP contribution in [0.1, 0.15) is 93.4 Å². The van der Waals surface area contributed by atoms with Crippen LogP contribution in [0.15, 0.2) is 11.6 Å². The van der Waals surface area contributed by atoms with E-state index in [1.54, 1.807) is 0 Å². The monoisotopic (exact) mass is 814 g/mol. The van der Waals surface area contributed by atoms with Crippen molar-refractivity contribution >= 4 is 0 Å². The lowest BCUT2D eigenvalue weighted by Gasteiger charge is -2.73. The van der Waals surface area contributed by atoms with Gasteiger partial charge in [-0.2, -0.15) is 0 Å². The molecule has 5 aliphatic carbocycles. The summed E-state index contributed by atoms with van der Waals surface area (Å²) in [7, 11) is 0. The van der Waals surface area contributed by atoms with Crippen LogP contribution in [0.2, 0.25) is 0 Å². The van der Waals surface area contributed by atoms with Gasteiger partial charge in [-0.1, -0.05) is 60.1 Å². The van der Waals surface area contributed by atoms with Gasteiger partial charge in [0.25, 0.3) is 0 Å². The molecule has 22 atom stereocenters. The zero-order chi connectivity index (χ0) is 42.0. The minimum absolute atomic E-state index is 0.00527. The number of allylic oxidation sites excluding steroid dienone is 2. The Morgan fingerprint density at radius 1 is 0.649 bits per heavy atom. The Bertz CT molecular complexity index is 1510. The summed E-state index contributed by atoms with van der Waals surface area (Å²) < 4.78 is 24.8. The van der Waals surface area contributed by atoms with Gasteiger partial charge in [-0.05, 0) is 78.4 Å². The molecule has 0 spiro atoms. The maximum absolute atomic E-state index is 12.6. The molecule has 2 saturated heterocycles. The van der Waals surface area contributed by atoms with E-state index < -0.39 is 137 Å². The van der Waals surface area contributed by atoms with Crippen LogP contribution in [0.4, 0.5) is 0 Å².